The monoisotopic (exact) mass is 310 g/mol. The van der Waals surface area contributed by atoms with E-state index in [0.29, 0.717) is 4.90 Å². The summed E-state index contributed by atoms with van der Waals surface area (Å²) in [7, 11) is 1.16. The molecule has 1 atom stereocenters. The Labute approximate surface area is 127 Å². The van der Waals surface area contributed by atoms with Gasteiger partial charge < -0.3 is 14.0 Å². The van der Waals surface area contributed by atoms with Crippen LogP contribution in [0.15, 0.2) is 46.2 Å². The molecule has 0 heterocycles. The number of ether oxygens (including phenoxy) is 2. The van der Waals surface area contributed by atoms with Crippen LogP contribution in [-0.4, -0.2) is 29.2 Å². The van der Waals surface area contributed by atoms with Crippen molar-refractivity contribution in [2.75, 3.05) is 7.11 Å². The highest BCUT2D eigenvalue weighted by molar-refractivity contribution is 7.96. The fraction of sp³-hybridized carbons (Fsp3) is 0.333. The van der Waals surface area contributed by atoms with Crippen molar-refractivity contribution in [1.82, 2.24) is 0 Å². The van der Waals surface area contributed by atoms with Crippen LogP contribution in [0.3, 0.4) is 0 Å². The van der Waals surface area contributed by atoms with Gasteiger partial charge in [0, 0.05) is 11.2 Å². The van der Waals surface area contributed by atoms with Crippen LogP contribution < -0.4 is 0 Å². The fourth-order valence-corrected chi connectivity index (χ4v) is 2.49. The van der Waals surface area contributed by atoms with Crippen LogP contribution in [-0.2, 0) is 30.2 Å². The number of esters is 2. The van der Waals surface area contributed by atoms with Gasteiger partial charge in [-0.25, -0.2) is 9.59 Å². The van der Waals surface area contributed by atoms with Gasteiger partial charge in [0.05, 0.1) is 13.2 Å². The molecule has 0 radical (unpaired) electrons. The molecule has 0 fully saturated rings. The molecule has 0 aromatic heterocycles. The van der Waals surface area contributed by atoms with Crippen molar-refractivity contribution in [3.05, 3.63) is 41.3 Å². The minimum Gasteiger partial charge on any atom is -0.606 e. The summed E-state index contributed by atoms with van der Waals surface area (Å²) in [6.07, 6.45) is 0.917. The summed E-state index contributed by atoms with van der Waals surface area (Å²) in [6, 6.07) is 8.34. The van der Waals surface area contributed by atoms with Gasteiger partial charge in [-0.2, -0.15) is 0 Å². The zero-order valence-corrected chi connectivity index (χ0v) is 13.2. The van der Waals surface area contributed by atoms with Crippen molar-refractivity contribution in [1.29, 1.82) is 0 Å². The lowest BCUT2D eigenvalue weighted by atomic mass is 10.2. The summed E-state index contributed by atoms with van der Waals surface area (Å²) < 4.78 is 22.0. The smallest absolute Gasteiger partial charge is 0.387 e. The van der Waals surface area contributed by atoms with Crippen molar-refractivity contribution >= 4 is 23.1 Å². The molecule has 0 spiro atoms. The minimum absolute atomic E-state index is 0.252. The topological polar surface area (TPSA) is 75.7 Å². The third-order valence-electron chi connectivity index (χ3n) is 2.20. The van der Waals surface area contributed by atoms with Crippen molar-refractivity contribution < 1.29 is 23.6 Å². The number of benzene rings is 1. The first kappa shape index (κ1) is 17.3. The molecule has 6 heteroatoms. The third-order valence-corrected chi connectivity index (χ3v) is 3.58. The standard InChI is InChI=1S/C15H18O5S/c1-15(2,3)20-13(16)10-12(14(17)19-4)21(18)11-8-6-5-7-9-11/h5-10H,1-4H3/b12-10+. The second kappa shape index (κ2) is 7.28. The molecular weight excluding hydrogens is 292 g/mol. The Kier molecular flexibility index (Phi) is 5.99. The maximum atomic E-state index is 12.4. The van der Waals surface area contributed by atoms with E-state index in [0.717, 1.165) is 13.2 Å². The molecule has 5 nitrogen and oxygen atoms in total. The summed E-state index contributed by atoms with van der Waals surface area (Å²) in [4.78, 5) is 23.7. The molecule has 1 aromatic rings. The molecule has 0 aliphatic heterocycles. The van der Waals surface area contributed by atoms with Gasteiger partial charge in [-0.05, 0) is 32.9 Å². The number of methoxy groups -OCH3 is 1. The lowest BCUT2D eigenvalue weighted by Crippen LogP contribution is -2.24. The van der Waals surface area contributed by atoms with Crippen LogP contribution in [0.25, 0.3) is 0 Å². The molecule has 21 heavy (non-hydrogen) atoms. The summed E-state index contributed by atoms with van der Waals surface area (Å²) >= 11 is -1.81. The first-order valence-corrected chi connectivity index (χ1v) is 7.39. The second-order valence-electron chi connectivity index (χ2n) is 5.12. The van der Waals surface area contributed by atoms with Gasteiger partial charge in [0.1, 0.15) is 5.60 Å². The Hall–Kier alpha value is -1.79. The predicted octanol–water partition coefficient (Wildman–Crippen LogP) is 2.19. The maximum absolute atomic E-state index is 12.4. The van der Waals surface area contributed by atoms with Crippen LogP contribution in [0.2, 0.25) is 0 Å². The van der Waals surface area contributed by atoms with Crippen LogP contribution in [0.1, 0.15) is 20.8 Å². The fourth-order valence-electron chi connectivity index (χ4n) is 1.40. The number of hydrogen-bond donors (Lipinski definition) is 0. The van der Waals surface area contributed by atoms with Crippen LogP contribution in [0, 0.1) is 0 Å². The SMILES string of the molecule is COC(=O)/C(=C\C(=O)OC(C)(C)C)[S+]([O-])c1ccccc1. The Morgan fingerprint density at radius 3 is 2.24 bits per heavy atom. The van der Waals surface area contributed by atoms with Gasteiger partial charge in [-0.15, -0.1) is 0 Å². The lowest BCUT2D eigenvalue weighted by molar-refractivity contribution is -0.149. The molecule has 1 unspecified atom stereocenters. The zero-order chi connectivity index (χ0) is 16.0. The molecule has 0 bridgehead atoms. The number of carbonyl (C=O) groups is 2. The van der Waals surface area contributed by atoms with E-state index in [1.54, 1.807) is 51.1 Å². The lowest BCUT2D eigenvalue weighted by Gasteiger charge is -2.18. The molecule has 114 valence electrons. The molecular formula is C15H18O5S. The first-order valence-electron chi connectivity index (χ1n) is 6.24. The van der Waals surface area contributed by atoms with E-state index in [-0.39, 0.29) is 4.91 Å². The van der Waals surface area contributed by atoms with E-state index in [4.69, 9.17) is 4.74 Å². The van der Waals surface area contributed by atoms with Crippen molar-refractivity contribution in [3.8, 4) is 0 Å². The van der Waals surface area contributed by atoms with Crippen molar-refractivity contribution in [2.45, 2.75) is 31.3 Å². The van der Waals surface area contributed by atoms with Gasteiger partial charge >= 0.3 is 11.9 Å². The first-order chi connectivity index (χ1) is 9.74. The largest absolute Gasteiger partial charge is 0.606 e. The van der Waals surface area contributed by atoms with E-state index in [2.05, 4.69) is 4.74 Å². The highest BCUT2D eigenvalue weighted by atomic mass is 32.2. The minimum atomic E-state index is -1.81. The Morgan fingerprint density at radius 1 is 1.19 bits per heavy atom. The normalized spacial score (nSPS) is 13.5. The summed E-state index contributed by atoms with van der Waals surface area (Å²) in [5, 5.41) is 0. The molecule has 0 aliphatic carbocycles. The van der Waals surface area contributed by atoms with E-state index in [9.17, 15) is 14.1 Å². The summed E-state index contributed by atoms with van der Waals surface area (Å²) in [5.74, 6) is -1.57. The van der Waals surface area contributed by atoms with Crippen LogP contribution in [0.5, 0.6) is 0 Å². The van der Waals surface area contributed by atoms with E-state index >= 15 is 0 Å². The van der Waals surface area contributed by atoms with Gasteiger partial charge in [-0.1, -0.05) is 18.2 Å². The highest BCUT2D eigenvalue weighted by Gasteiger charge is 2.29. The molecule has 1 aromatic carbocycles. The highest BCUT2D eigenvalue weighted by Crippen LogP contribution is 2.20. The van der Waals surface area contributed by atoms with Gasteiger partial charge in [0.25, 0.3) is 4.91 Å². The summed E-state index contributed by atoms with van der Waals surface area (Å²) in [6.45, 7) is 5.10. The Balaban J connectivity index is 3.06. The Morgan fingerprint density at radius 2 is 1.76 bits per heavy atom. The average molecular weight is 310 g/mol. The molecule has 1 rings (SSSR count). The van der Waals surface area contributed by atoms with E-state index < -0.39 is 28.7 Å². The quantitative estimate of drug-likeness (QED) is 0.484. The van der Waals surface area contributed by atoms with Gasteiger partial charge in [-0.3, -0.25) is 0 Å². The number of carbonyl (C=O) groups excluding carboxylic acids is 2. The maximum Gasteiger partial charge on any atom is 0.387 e. The average Bonchev–Trinajstić information content (AvgIpc) is 2.42. The van der Waals surface area contributed by atoms with E-state index in [1.807, 2.05) is 0 Å². The van der Waals surface area contributed by atoms with Crippen molar-refractivity contribution in [3.63, 3.8) is 0 Å². The third kappa shape index (κ3) is 5.61. The van der Waals surface area contributed by atoms with Crippen LogP contribution in [0.4, 0.5) is 0 Å². The Bertz CT molecular complexity index is 531. The van der Waals surface area contributed by atoms with Crippen LogP contribution >= 0.6 is 0 Å². The number of hydrogen-bond acceptors (Lipinski definition) is 5. The predicted molar refractivity (Wildman–Crippen MR) is 78.8 cm³/mol. The second-order valence-corrected chi connectivity index (χ2v) is 6.56. The molecule has 0 aliphatic rings. The van der Waals surface area contributed by atoms with E-state index in [1.165, 1.54) is 0 Å². The molecule has 0 N–H and O–H groups in total. The molecule has 0 amide bonds. The molecule has 0 saturated heterocycles. The zero-order valence-electron chi connectivity index (χ0n) is 12.4. The molecule has 0 saturated carbocycles. The van der Waals surface area contributed by atoms with Gasteiger partial charge in [0.2, 0.25) is 0 Å². The van der Waals surface area contributed by atoms with Crippen molar-refractivity contribution in [2.24, 2.45) is 0 Å². The number of rotatable bonds is 4. The van der Waals surface area contributed by atoms with Gasteiger partial charge in [0.15, 0.2) is 4.90 Å². The summed E-state index contributed by atoms with van der Waals surface area (Å²) in [5.41, 5.74) is -0.705.